The zero-order valence-electron chi connectivity index (χ0n) is 43.8. The minimum absolute atomic E-state index is 0.0486. The molecule has 344 valence electrons. The Kier molecular flexibility index (Phi) is 9.33. The lowest BCUT2D eigenvalue weighted by Crippen LogP contribution is -2.61. The molecule has 3 aliphatic carbocycles. The molecule has 6 aromatic carbocycles. The smallest absolute Gasteiger partial charge is 0.252 e. The van der Waals surface area contributed by atoms with Crippen LogP contribution in [0.3, 0.4) is 0 Å². The van der Waals surface area contributed by atoms with Crippen LogP contribution in [0.1, 0.15) is 180 Å². The van der Waals surface area contributed by atoms with E-state index in [-0.39, 0.29) is 44.6 Å². The molecule has 0 saturated heterocycles. The average Bonchev–Trinajstić information content (AvgIpc) is 3.44. The van der Waals surface area contributed by atoms with Gasteiger partial charge < -0.3 is 9.80 Å². The minimum Gasteiger partial charge on any atom is -0.311 e. The maximum Gasteiger partial charge on any atom is 0.252 e. The summed E-state index contributed by atoms with van der Waals surface area (Å²) >= 11 is 0. The first-order chi connectivity index (χ1) is 31.2. The highest BCUT2D eigenvalue weighted by Gasteiger charge is 2.49. The molecule has 0 saturated carbocycles. The van der Waals surface area contributed by atoms with Crippen molar-refractivity contribution >= 4 is 57.2 Å². The van der Waals surface area contributed by atoms with Gasteiger partial charge >= 0.3 is 0 Å². The van der Waals surface area contributed by atoms with Crippen LogP contribution in [0, 0.1) is 6.92 Å². The first-order valence-corrected chi connectivity index (χ1v) is 25.7. The standard InChI is InChI=1S/C64H75BN2/c1-39-30-45-48(62(11,12)29-28-60(45,7)8)36-52(39)67-54-37-49-47(63(13,14)38-64(49,15)16)35-51(54)65-50-25-22-41(40-20-18-17-19-21-40)31-53(50)66(55-32-42(58(2,3)4)33-56(67)57(55)65)43-23-24-44-46(34-43)61(9,10)27-26-59(44,5)6/h17-25,30-37H,26-29,38H2,1-16H3. The molecule has 11 rings (SSSR count). The number of benzene rings is 6. The molecule has 0 fully saturated rings. The summed E-state index contributed by atoms with van der Waals surface area (Å²) in [6.45, 7) is 39.4. The summed E-state index contributed by atoms with van der Waals surface area (Å²) < 4.78 is 0. The van der Waals surface area contributed by atoms with E-state index in [4.69, 9.17) is 0 Å². The van der Waals surface area contributed by atoms with E-state index in [9.17, 15) is 0 Å². The molecule has 3 heteroatoms. The molecule has 0 radical (unpaired) electrons. The number of hydrogen-bond acceptors (Lipinski definition) is 2. The molecule has 2 aliphatic heterocycles. The van der Waals surface area contributed by atoms with Crippen LogP contribution in [0.4, 0.5) is 34.1 Å². The lowest BCUT2D eigenvalue weighted by Gasteiger charge is -2.47. The van der Waals surface area contributed by atoms with Gasteiger partial charge in [-0.25, -0.2) is 0 Å². The van der Waals surface area contributed by atoms with Crippen LogP contribution in [0.5, 0.6) is 0 Å². The van der Waals surface area contributed by atoms with E-state index < -0.39 is 0 Å². The topological polar surface area (TPSA) is 6.48 Å². The Morgan fingerprint density at radius 1 is 0.418 bits per heavy atom. The van der Waals surface area contributed by atoms with Crippen LogP contribution >= 0.6 is 0 Å². The van der Waals surface area contributed by atoms with Gasteiger partial charge in [-0.2, -0.15) is 0 Å². The molecule has 67 heavy (non-hydrogen) atoms. The van der Waals surface area contributed by atoms with Gasteiger partial charge in [-0.1, -0.05) is 165 Å². The summed E-state index contributed by atoms with van der Waals surface area (Å²) in [6, 6.07) is 41.8. The SMILES string of the molecule is Cc1cc2c(cc1N1c3cc4c(cc3B3c5ccc(-c6ccccc6)cc5N(c5ccc6c(c5)C(C)(C)CCC6(C)C)c5cc(C(C)(C)C)cc1c53)C(C)(C)CC4(C)C)C(C)(C)CCC2(C)C. The number of fused-ring (bicyclic) bond motifs is 7. The van der Waals surface area contributed by atoms with E-state index >= 15 is 0 Å². The van der Waals surface area contributed by atoms with Crippen molar-refractivity contribution < 1.29 is 0 Å². The van der Waals surface area contributed by atoms with Crippen LogP contribution in [-0.4, -0.2) is 6.71 Å². The van der Waals surface area contributed by atoms with Crippen molar-refractivity contribution in [3.8, 4) is 11.1 Å². The van der Waals surface area contributed by atoms with Crippen LogP contribution in [0.2, 0.25) is 0 Å². The Labute approximate surface area is 404 Å². The molecule has 0 unspecified atom stereocenters. The fourth-order valence-electron chi connectivity index (χ4n) is 13.9. The van der Waals surface area contributed by atoms with Gasteiger partial charge in [0.05, 0.1) is 0 Å². The molecule has 0 amide bonds. The summed E-state index contributed by atoms with van der Waals surface area (Å²) in [6.07, 6.45) is 5.90. The maximum atomic E-state index is 2.76. The van der Waals surface area contributed by atoms with Crippen LogP contribution in [-0.2, 0) is 37.9 Å². The number of anilines is 6. The van der Waals surface area contributed by atoms with E-state index in [1.54, 1.807) is 0 Å². The zero-order chi connectivity index (χ0) is 47.8. The number of nitrogens with zero attached hydrogens (tertiary/aromatic N) is 2. The van der Waals surface area contributed by atoms with Gasteiger partial charge in [0.2, 0.25) is 0 Å². The van der Waals surface area contributed by atoms with Gasteiger partial charge in [0.1, 0.15) is 0 Å². The van der Waals surface area contributed by atoms with Crippen LogP contribution in [0.25, 0.3) is 11.1 Å². The monoisotopic (exact) mass is 883 g/mol. The van der Waals surface area contributed by atoms with Crippen LogP contribution < -0.4 is 26.2 Å². The number of aryl methyl sites for hydroxylation is 1. The van der Waals surface area contributed by atoms with Crippen molar-refractivity contribution in [1.82, 2.24) is 0 Å². The van der Waals surface area contributed by atoms with Gasteiger partial charge in [-0.15, -0.1) is 0 Å². The molecule has 0 N–H and O–H groups in total. The zero-order valence-corrected chi connectivity index (χ0v) is 43.8. The third-order valence-corrected chi connectivity index (χ3v) is 18.0. The summed E-state index contributed by atoms with van der Waals surface area (Å²) in [5.74, 6) is 0. The second kappa shape index (κ2) is 14.0. The summed E-state index contributed by atoms with van der Waals surface area (Å²) in [7, 11) is 0. The first kappa shape index (κ1) is 44.5. The Morgan fingerprint density at radius 2 is 0.925 bits per heavy atom. The largest absolute Gasteiger partial charge is 0.311 e. The third-order valence-electron chi connectivity index (χ3n) is 18.0. The van der Waals surface area contributed by atoms with Gasteiger partial charge in [-0.3, -0.25) is 0 Å². The number of hydrogen-bond donors (Lipinski definition) is 0. The van der Waals surface area contributed by atoms with Gasteiger partial charge in [0.15, 0.2) is 0 Å². The Bertz CT molecular complexity index is 3060. The van der Waals surface area contributed by atoms with Crippen molar-refractivity contribution in [2.75, 3.05) is 9.80 Å². The normalized spacial score (nSPS) is 20.6. The highest BCUT2D eigenvalue weighted by Crippen LogP contribution is 2.56. The molecule has 0 spiro atoms. The molecule has 0 bridgehead atoms. The Balaban J connectivity index is 1.28. The fraction of sp³-hybridized carbons (Fsp3) is 0.438. The average molecular weight is 883 g/mol. The predicted octanol–water partition coefficient (Wildman–Crippen LogP) is 15.7. The molecular formula is C64H75BN2. The molecule has 6 aromatic rings. The second-order valence-corrected chi connectivity index (χ2v) is 26.8. The van der Waals surface area contributed by atoms with Crippen molar-refractivity contribution in [3.05, 3.63) is 148 Å². The molecule has 0 aromatic heterocycles. The van der Waals surface area contributed by atoms with Crippen molar-refractivity contribution in [2.45, 2.75) is 181 Å². The molecule has 2 heterocycles. The van der Waals surface area contributed by atoms with E-state index in [0.717, 1.165) is 6.42 Å². The quantitative estimate of drug-likeness (QED) is 0.163. The maximum absolute atomic E-state index is 2.76. The third kappa shape index (κ3) is 6.62. The highest BCUT2D eigenvalue weighted by atomic mass is 15.2. The molecule has 2 nitrogen and oxygen atoms in total. The summed E-state index contributed by atoms with van der Waals surface area (Å²) in [4.78, 5) is 5.45. The first-order valence-electron chi connectivity index (χ1n) is 25.7. The van der Waals surface area contributed by atoms with Crippen LogP contribution in [0.15, 0.2) is 103 Å². The van der Waals surface area contributed by atoms with E-state index in [0.29, 0.717) is 0 Å². The minimum atomic E-state index is -0.104. The van der Waals surface area contributed by atoms with Gasteiger partial charge in [0, 0.05) is 34.1 Å². The Morgan fingerprint density at radius 3 is 1.54 bits per heavy atom. The number of rotatable bonds is 3. The van der Waals surface area contributed by atoms with Crippen molar-refractivity contribution in [3.63, 3.8) is 0 Å². The van der Waals surface area contributed by atoms with E-state index in [1.165, 1.54) is 132 Å². The molecule has 0 atom stereocenters. The molecule has 5 aliphatic rings. The highest BCUT2D eigenvalue weighted by molar-refractivity contribution is 7.00. The summed E-state index contributed by atoms with van der Waals surface area (Å²) in [5, 5.41) is 0. The van der Waals surface area contributed by atoms with Gasteiger partial charge in [-0.05, 0) is 191 Å². The van der Waals surface area contributed by atoms with Gasteiger partial charge in [0.25, 0.3) is 6.71 Å². The lowest BCUT2D eigenvalue weighted by molar-refractivity contribution is 0.332. The summed E-state index contributed by atoms with van der Waals surface area (Å²) in [5.41, 5.74) is 26.8. The lowest BCUT2D eigenvalue weighted by atomic mass is 9.33. The molecular weight excluding hydrogens is 808 g/mol. The second-order valence-electron chi connectivity index (χ2n) is 26.8. The fourth-order valence-corrected chi connectivity index (χ4v) is 13.9. The Hall–Kier alpha value is -5.02. The van der Waals surface area contributed by atoms with E-state index in [1.807, 2.05) is 0 Å². The predicted molar refractivity (Wildman–Crippen MR) is 291 cm³/mol. The van der Waals surface area contributed by atoms with Crippen molar-refractivity contribution in [2.24, 2.45) is 0 Å². The van der Waals surface area contributed by atoms with E-state index in [2.05, 4.69) is 224 Å². The van der Waals surface area contributed by atoms with Crippen molar-refractivity contribution in [1.29, 1.82) is 0 Å².